The van der Waals surface area contributed by atoms with Crippen molar-refractivity contribution < 1.29 is 0 Å². The van der Waals surface area contributed by atoms with Crippen LogP contribution in [0, 0.1) is 29.6 Å². The smallest absolute Gasteiger partial charge is 0.0151 e. The molecule has 0 saturated carbocycles. The van der Waals surface area contributed by atoms with Crippen LogP contribution in [0.3, 0.4) is 0 Å². The van der Waals surface area contributed by atoms with E-state index in [0.717, 1.165) is 36.5 Å². The molecule has 192 valence electrons. The second kappa shape index (κ2) is 19.1. The molecule has 32 heavy (non-hydrogen) atoms. The molecule has 0 radical (unpaired) electrons. The normalized spacial score (nSPS) is 17.7. The van der Waals surface area contributed by atoms with Gasteiger partial charge < -0.3 is 5.73 Å². The van der Waals surface area contributed by atoms with E-state index in [1.54, 1.807) is 0 Å². The van der Waals surface area contributed by atoms with Gasteiger partial charge in [-0.2, -0.15) is 0 Å². The molecule has 0 saturated heterocycles. The monoisotopic (exact) mass is 449 g/mol. The highest BCUT2D eigenvalue weighted by atomic mass is 14.7. The Labute approximate surface area is 204 Å². The maximum absolute atomic E-state index is 6.59. The van der Waals surface area contributed by atoms with Crippen LogP contribution in [0.15, 0.2) is 12.7 Å². The summed E-state index contributed by atoms with van der Waals surface area (Å²) < 4.78 is 0. The number of hydrogen-bond acceptors (Lipinski definition) is 1. The average molecular weight is 450 g/mol. The van der Waals surface area contributed by atoms with Crippen molar-refractivity contribution in [1.29, 1.82) is 0 Å². The Hall–Kier alpha value is -0.300. The van der Waals surface area contributed by atoms with E-state index in [4.69, 9.17) is 5.73 Å². The van der Waals surface area contributed by atoms with Crippen LogP contribution in [-0.2, 0) is 0 Å². The first-order chi connectivity index (χ1) is 15.1. The summed E-state index contributed by atoms with van der Waals surface area (Å²) in [5, 5.41) is 0. The van der Waals surface area contributed by atoms with Gasteiger partial charge in [0.05, 0.1) is 0 Å². The first-order valence-corrected chi connectivity index (χ1v) is 14.5. The summed E-state index contributed by atoms with van der Waals surface area (Å²) in [5.41, 5.74) is 6.57. The Bertz CT molecular complexity index is 424. The van der Waals surface area contributed by atoms with Gasteiger partial charge in [0, 0.05) is 5.54 Å². The van der Waals surface area contributed by atoms with E-state index >= 15 is 0 Å². The van der Waals surface area contributed by atoms with Crippen molar-refractivity contribution in [3.05, 3.63) is 12.7 Å². The fourth-order valence-corrected chi connectivity index (χ4v) is 5.08. The minimum Gasteiger partial charge on any atom is -0.325 e. The van der Waals surface area contributed by atoms with Crippen molar-refractivity contribution in [3.8, 4) is 0 Å². The van der Waals surface area contributed by atoms with Gasteiger partial charge in [-0.1, -0.05) is 125 Å². The zero-order valence-corrected chi connectivity index (χ0v) is 23.6. The summed E-state index contributed by atoms with van der Waals surface area (Å²) in [4.78, 5) is 0. The quantitative estimate of drug-likeness (QED) is 0.129. The lowest BCUT2D eigenvalue weighted by Crippen LogP contribution is -2.42. The van der Waals surface area contributed by atoms with Crippen molar-refractivity contribution in [2.45, 2.75) is 157 Å². The molecule has 0 fully saturated rings. The summed E-state index contributed by atoms with van der Waals surface area (Å²) in [5.74, 6) is 4.19. The Morgan fingerprint density at radius 3 is 1.47 bits per heavy atom. The van der Waals surface area contributed by atoms with Crippen molar-refractivity contribution in [3.63, 3.8) is 0 Å². The molecule has 0 aliphatic carbocycles. The summed E-state index contributed by atoms with van der Waals surface area (Å²) in [6.07, 6.45) is 23.6. The highest BCUT2D eigenvalue weighted by molar-refractivity contribution is 4.85. The zero-order chi connectivity index (χ0) is 24.4. The molecule has 0 aromatic rings. The van der Waals surface area contributed by atoms with Crippen molar-refractivity contribution >= 4 is 0 Å². The summed E-state index contributed by atoms with van der Waals surface area (Å²) >= 11 is 0. The predicted molar refractivity (Wildman–Crippen MR) is 148 cm³/mol. The molecule has 0 bridgehead atoms. The molecule has 0 aliphatic rings. The lowest BCUT2D eigenvalue weighted by atomic mass is 9.80. The standard InChI is InChI=1S/C31H63N/c1-9-10-13-25-31(8,32)30(7)24-16-23-28(5)19-12-11-18-27(4)21-15-22-29(6)20-14-17-26(2)3/h9,26-30H,1,10-25,32H2,2-8H3. The lowest BCUT2D eigenvalue weighted by Gasteiger charge is -2.32. The molecule has 0 rings (SSSR count). The van der Waals surface area contributed by atoms with Crippen LogP contribution in [-0.4, -0.2) is 5.54 Å². The Kier molecular flexibility index (Phi) is 18.9. The molecule has 0 spiro atoms. The van der Waals surface area contributed by atoms with E-state index in [1.807, 2.05) is 6.08 Å². The van der Waals surface area contributed by atoms with Crippen molar-refractivity contribution in [1.82, 2.24) is 0 Å². The molecular weight excluding hydrogens is 386 g/mol. The molecule has 1 nitrogen and oxygen atoms in total. The van der Waals surface area contributed by atoms with E-state index in [2.05, 4.69) is 55.0 Å². The Balaban J connectivity index is 3.73. The van der Waals surface area contributed by atoms with Gasteiger partial charge in [0.1, 0.15) is 0 Å². The van der Waals surface area contributed by atoms with E-state index in [1.165, 1.54) is 89.9 Å². The third-order valence-electron chi connectivity index (χ3n) is 8.10. The van der Waals surface area contributed by atoms with Gasteiger partial charge in [-0.3, -0.25) is 0 Å². The number of rotatable bonds is 22. The molecule has 0 aromatic heterocycles. The second-order valence-electron chi connectivity index (χ2n) is 12.4. The maximum Gasteiger partial charge on any atom is 0.0151 e. The van der Waals surface area contributed by atoms with Gasteiger partial charge in [0.15, 0.2) is 0 Å². The van der Waals surface area contributed by atoms with E-state index in [0.29, 0.717) is 5.92 Å². The number of nitrogens with two attached hydrogens (primary N) is 1. The zero-order valence-electron chi connectivity index (χ0n) is 23.6. The van der Waals surface area contributed by atoms with E-state index in [-0.39, 0.29) is 5.54 Å². The van der Waals surface area contributed by atoms with E-state index < -0.39 is 0 Å². The molecule has 0 heterocycles. The van der Waals surface area contributed by atoms with Crippen molar-refractivity contribution in [2.75, 3.05) is 0 Å². The summed E-state index contributed by atoms with van der Waals surface area (Å²) in [6.45, 7) is 20.5. The Morgan fingerprint density at radius 1 is 0.625 bits per heavy atom. The SMILES string of the molecule is C=CCCCC(C)(N)C(C)CCCC(C)CCCCC(C)CCCC(C)CCCC(C)C. The predicted octanol–water partition coefficient (Wildman–Crippen LogP) is 10.3. The van der Waals surface area contributed by atoms with Crippen LogP contribution in [0.25, 0.3) is 0 Å². The first-order valence-electron chi connectivity index (χ1n) is 14.5. The highest BCUT2D eigenvalue weighted by Crippen LogP contribution is 2.27. The van der Waals surface area contributed by atoms with Gasteiger partial charge in [0.2, 0.25) is 0 Å². The van der Waals surface area contributed by atoms with Gasteiger partial charge >= 0.3 is 0 Å². The molecular formula is C31H63N. The van der Waals surface area contributed by atoms with Gasteiger partial charge in [-0.15, -0.1) is 6.58 Å². The van der Waals surface area contributed by atoms with Crippen LogP contribution in [0.1, 0.15) is 151 Å². The van der Waals surface area contributed by atoms with Crippen LogP contribution >= 0.6 is 0 Å². The number of allylic oxidation sites excluding steroid dienone is 1. The Morgan fingerprint density at radius 2 is 1.03 bits per heavy atom. The minimum atomic E-state index is -0.0196. The molecule has 1 heteroatoms. The van der Waals surface area contributed by atoms with Crippen LogP contribution < -0.4 is 5.73 Å². The molecule has 0 amide bonds. The van der Waals surface area contributed by atoms with Gasteiger partial charge in [-0.05, 0) is 62.2 Å². The topological polar surface area (TPSA) is 26.0 Å². The largest absolute Gasteiger partial charge is 0.325 e. The fourth-order valence-electron chi connectivity index (χ4n) is 5.08. The second-order valence-corrected chi connectivity index (χ2v) is 12.4. The lowest BCUT2D eigenvalue weighted by molar-refractivity contribution is 0.264. The van der Waals surface area contributed by atoms with Crippen LogP contribution in [0.4, 0.5) is 0 Å². The van der Waals surface area contributed by atoms with Crippen molar-refractivity contribution in [2.24, 2.45) is 35.3 Å². The molecule has 0 aliphatic heterocycles. The van der Waals surface area contributed by atoms with Crippen LogP contribution in [0.2, 0.25) is 0 Å². The molecule has 5 unspecified atom stereocenters. The highest BCUT2D eigenvalue weighted by Gasteiger charge is 2.25. The third-order valence-corrected chi connectivity index (χ3v) is 8.10. The van der Waals surface area contributed by atoms with Gasteiger partial charge in [-0.25, -0.2) is 0 Å². The molecule has 0 aromatic carbocycles. The number of hydrogen-bond donors (Lipinski definition) is 1. The maximum atomic E-state index is 6.59. The van der Waals surface area contributed by atoms with E-state index in [9.17, 15) is 0 Å². The average Bonchev–Trinajstić information content (AvgIpc) is 2.71. The molecule has 5 atom stereocenters. The third kappa shape index (κ3) is 18.2. The summed E-state index contributed by atoms with van der Waals surface area (Å²) in [6, 6.07) is 0. The first kappa shape index (κ1) is 31.7. The number of unbranched alkanes of at least 4 members (excludes halogenated alkanes) is 2. The van der Waals surface area contributed by atoms with Gasteiger partial charge in [0.25, 0.3) is 0 Å². The van der Waals surface area contributed by atoms with Crippen LogP contribution in [0.5, 0.6) is 0 Å². The minimum absolute atomic E-state index is 0.0196. The molecule has 2 N–H and O–H groups in total. The fraction of sp³-hybridized carbons (Fsp3) is 0.935. The summed E-state index contributed by atoms with van der Waals surface area (Å²) in [7, 11) is 0.